The Kier molecular flexibility index (Phi) is 4.10. The molecular weight excluding hydrogens is 318 g/mol. The van der Waals surface area contributed by atoms with E-state index in [-0.39, 0.29) is 21.4 Å². The molecule has 0 atom stereocenters. The van der Waals surface area contributed by atoms with Gasteiger partial charge >= 0.3 is 0 Å². The number of pyridine rings is 1. The van der Waals surface area contributed by atoms with Crippen molar-refractivity contribution < 1.29 is 13.3 Å². The second-order valence-corrected chi connectivity index (χ2v) is 6.25. The van der Waals surface area contributed by atoms with E-state index >= 15 is 0 Å². The predicted octanol–water partition coefficient (Wildman–Crippen LogP) is 2.75. The van der Waals surface area contributed by atoms with Gasteiger partial charge in [-0.3, -0.25) is 14.8 Å². The van der Waals surface area contributed by atoms with Gasteiger partial charge in [0.1, 0.15) is 0 Å². The molecule has 1 aromatic heterocycles. The van der Waals surface area contributed by atoms with Gasteiger partial charge in [0.25, 0.3) is 15.7 Å². The summed E-state index contributed by atoms with van der Waals surface area (Å²) in [5.74, 6) is 0. The fraction of sp³-hybridized carbons (Fsp3) is 0.0833. The third-order valence-electron chi connectivity index (χ3n) is 2.56. The molecule has 0 aliphatic heterocycles. The lowest BCUT2D eigenvalue weighted by Gasteiger charge is -2.09. The number of aryl methyl sites for hydroxylation is 1. The summed E-state index contributed by atoms with van der Waals surface area (Å²) >= 11 is 5.83. The molecule has 0 bridgehead atoms. The fourth-order valence-corrected chi connectivity index (χ4v) is 2.90. The Morgan fingerprint density at radius 2 is 2.05 bits per heavy atom. The van der Waals surface area contributed by atoms with Crippen molar-refractivity contribution in [2.45, 2.75) is 11.8 Å². The normalized spacial score (nSPS) is 11.1. The van der Waals surface area contributed by atoms with Crippen molar-refractivity contribution in [2.24, 2.45) is 0 Å². The Morgan fingerprint density at radius 1 is 1.33 bits per heavy atom. The summed E-state index contributed by atoms with van der Waals surface area (Å²) in [4.78, 5) is 13.6. The molecule has 1 N–H and O–H groups in total. The fourth-order valence-electron chi connectivity index (χ4n) is 1.59. The minimum Gasteiger partial charge on any atom is -0.276 e. The maximum Gasteiger partial charge on any atom is 0.270 e. The molecule has 0 spiro atoms. The average Bonchev–Trinajstić information content (AvgIpc) is 2.43. The van der Waals surface area contributed by atoms with E-state index in [1.165, 1.54) is 30.5 Å². The summed E-state index contributed by atoms with van der Waals surface area (Å²) in [6.45, 7) is 1.73. The SMILES string of the molecule is Cc1cnc(Cl)c(NS(=O)(=O)c2cccc([N+](=O)[O-])c2)c1. The van der Waals surface area contributed by atoms with Crippen molar-refractivity contribution >= 4 is 33.0 Å². The van der Waals surface area contributed by atoms with Crippen LogP contribution in [0.15, 0.2) is 41.4 Å². The Balaban J connectivity index is 2.41. The highest BCUT2D eigenvalue weighted by molar-refractivity contribution is 7.92. The van der Waals surface area contributed by atoms with Crippen LogP contribution in [0.1, 0.15) is 5.56 Å². The van der Waals surface area contributed by atoms with Crippen LogP contribution in [0.4, 0.5) is 11.4 Å². The molecule has 0 saturated carbocycles. The quantitative estimate of drug-likeness (QED) is 0.528. The molecular formula is C12H10ClN3O4S. The van der Waals surface area contributed by atoms with Crippen molar-refractivity contribution in [2.75, 3.05) is 4.72 Å². The van der Waals surface area contributed by atoms with Gasteiger partial charge in [0.15, 0.2) is 5.15 Å². The molecule has 0 fully saturated rings. The van der Waals surface area contributed by atoms with Crippen LogP contribution in [-0.4, -0.2) is 18.3 Å². The van der Waals surface area contributed by atoms with Crippen molar-refractivity contribution in [3.8, 4) is 0 Å². The molecule has 2 aromatic rings. The Morgan fingerprint density at radius 3 is 2.71 bits per heavy atom. The maximum atomic E-state index is 12.2. The first kappa shape index (κ1) is 15.2. The molecule has 0 saturated heterocycles. The number of halogens is 1. The Labute approximate surface area is 125 Å². The minimum atomic E-state index is -3.99. The van der Waals surface area contributed by atoms with Gasteiger partial charge < -0.3 is 0 Å². The van der Waals surface area contributed by atoms with Crippen LogP contribution < -0.4 is 4.72 Å². The number of hydrogen-bond donors (Lipinski definition) is 1. The monoisotopic (exact) mass is 327 g/mol. The molecule has 21 heavy (non-hydrogen) atoms. The first-order valence-electron chi connectivity index (χ1n) is 5.69. The highest BCUT2D eigenvalue weighted by Gasteiger charge is 2.19. The van der Waals surface area contributed by atoms with Gasteiger partial charge in [-0.05, 0) is 24.6 Å². The second-order valence-electron chi connectivity index (χ2n) is 4.21. The van der Waals surface area contributed by atoms with Gasteiger partial charge in [0.2, 0.25) is 0 Å². The zero-order valence-corrected chi connectivity index (χ0v) is 12.4. The van der Waals surface area contributed by atoms with Crippen LogP contribution in [0.25, 0.3) is 0 Å². The maximum absolute atomic E-state index is 12.2. The third-order valence-corrected chi connectivity index (χ3v) is 4.22. The van der Waals surface area contributed by atoms with E-state index in [1.54, 1.807) is 6.92 Å². The second kappa shape index (κ2) is 5.66. The number of nitrogens with one attached hydrogen (secondary N) is 1. The number of nitro benzene ring substituents is 1. The van der Waals surface area contributed by atoms with Crippen LogP contribution >= 0.6 is 11.6 Å². The molecule has 1 heterocycles. The number of non-ortho nitro benzene ring substituents is 1. The van der Waals surface area contributed by atoms with E-state index < -0.39 is 14.9 Å². The number of nitro groups is 1. The number of nitrogens with zero attached hydrogens (tertiary/aromatic N) is 2. The number of anilines is 1. The minimum absolute atomic E-state index is 0.00499. The van der Waals surface area contributed by atoms with Crippen LogP contribution in [-0.2, 0) is 10.0 Å². The molecule has 0 unspecified atom stereocenters. The molecule has 0 radical (unpaired) electrons. The summed E-state index contributed by atoms with van der Waals surface area (Å²) < 4.78 is 26.7. The van der Waals surface area contributed by atoms with E-state index in [9.17, 15) is 18.5 Å². The summed E-state index contributed by atoms with van der Waals surface area (Å²) in [6, 6.07) is 6.25. The third kappa shape index (κ3) is 3.47. The van der Waals surface area contributed by atoms with Crippen LogP contribution in [0, 0.1) is 17.0 Å². The smallest absolute Gasteiger partial charge is 0.270 e. The zero-order valence-electron chi connectivity index (χ0n) is 10.8. The molecule has 2 rings (SSSR count). The highest BCUT2D eigenvalue weighted by atomic mass is 35.5. The lowest BCUT2D eigenvalue weighted by Crippen LogP contribution is -2.14. The number of sulfonamides is 1. The molecule has 0 aliphatic rings. The van der Waals surface area contributed by atoms with Crippen molar-refractivity contribution in [1.29, 1.82) is 0 Å². The predicted molar refractivity (Wildman–Crippen MR) is 77.9 cm³/mol. The summed E-state index contributed by atoms with van der Waals surface area (Å²) in [5.41, 5.74) is 0.519. The van der Waals surface area contributed by atoms with E-state index in [4.69, 9.17) is 11.6 Å². The van der Waals surface area contributed by atoms with Gasteiger partial charge in [-0.15, -0.1) is 0 Å². The van der Waals surface area contributed by atoms with Gasteiger partial charge in [0, 0.05) is 18.3 Å². The van der Waals surface area contributed by atoms with E-state index in [1.807, 2.05) is 0 Å². The molecule has 110 valence electrons. The summed E-state index contributed by atoms with van der Waals surface area (Å²) in [5, 5.41) is 10.7. The number of aromatic nitrogens is 1. The Bertz CT molecular complexity index is 808. The van der Waals surface area contributed by atoms with E-state index in [0.717, 1.165) is 11.6 Å². The van der Waals surface area contributed by atoms with Crippen molar-refractivity contribution in [3.05, 3.63) is 57.4 Å². The molecule has 1 aromatic carbocycles. The lowest BCUT2D eigenvalue weighted by molar-refractivity contribution is -0.385. The highest BCUT2D eigenvalue weighted by Crippen LogP contribution is 2.24. The number of hydrogen-bond acceptors (Lipinski definition) is 5. The van der Waals surface area contributed by atoms with Crippen LogP contribution in [0.3, 0.4) is 0 Å². The van der Waals surface area contributed by atoms with E-state index in [2.05, 4.69) is 9.71 Å². The molecule has 7 nitrogen and oxygen atoms in total. The standard InChI is InChI=1S/C12H10ClN3O4S/c1-8-5-11(12(13)14-7-8)15-21(19,20)10-4-2-3-9(6-10)16(17)18/h2-7,15H,1H3. The zero-order chi connectivity index (χ0) is 15.6. The van der Waals surface area contributed by atoms with Crippen LogP contribution in [0.2, 0.25) is 5.15 Å². The van der Waals surface area contributed by atoms with Gasteiger partial charge in [-0.2, -0.15) is 0 Å². The summed E-state index contributed by atoms with van der Waals surface area (Å²) in [6.07, 6.45) is 1.49. The van der Waals surface area contributed by atoms with Crippen LogP contribution in [0.5, 0.6) is 0 Å². The van der Waals surface area contributed by atoms with E-state index in [0.29, 0.717) is 0 Å². The van der Waals surface area contributed by atoms with Gasteiger partial charge in [-0.25, -0.2) is 13.4 Å². The molecule has 0 aliphatic carbocycles. The van der Waals surface area contributed by atoms with Gasteiger partial charge in [-0.1, -0.05) is 17.7 Å². The molecule has 0 amide bonds. The first-order chi connectivity index (χ1) is 9.79. The summed E-state index contributed by atoms with van der Waals surface area (Å²) in [7, 11) is -3.99. The first-order valence-corrected chi connectivity index (χ1v) is 7.55. The number of rotatable bonds is 4. The van der Waals surface area contributed by atoms with Crippen molar-refractivity contribution in [1.82, 2.24) is 4.98 Å². The molecule has 9 heteroatoms. The topological polar surface area (TPSA) is 102 Å². The largest absolute Gasteiger partial charge is 0.276 e. The lowest BCUT2D eigenvalue weighted by atomic mass is 10.3. The van der Waals surface area contributed by atoms with Gasteiger partial charge in [0.05, 0.1) is 15.5 Å². The van der Waals surface area contributed by atoms with Crippen molar-refractivity contribution in [3.63, 3.8) is 0 Å². The Hall–Kier alpha value is -2.19. The average molecular weight is 328 g/mol. The number of benzene rings is 1.